The third-order valence-electron chi connectivity index (χ3n) is 4.09. The lowest BCUT2D eigenvalue weighted by molar-refractivity contribution is 0.0370. The van der Waals surface area contributed by atoms with Crippen LogP contribution in [0.1, 0.15) is 13.3 Å². The zero-order valence-corrected chi connectivity index (χ0v) is 13.6. The molecule has 0 bridgehead atoms. The van der Waals surface area contributed by atoms with Crippen LogP contribution >= 0.6 is 11.6 Å². The predicted octanol–water partition coefficient (Wildman–Crippen LogP) is 3.41. The van der Waals surface area contributed by atoms with Gasteiger partial charge in [-0.05, 0) is 37.6 Å². The summed E-state index contributed by atoms with van der Waals surface area (Å²) < 4.78 is 5.38. The van der Waals surface area contributed by atoms with E-state index in [0.717, 1.165) is 60.9 Å². The molecule has 2 heterocycles. The van der Waals surface area contributed by atoms with E-state index in [2.05, 4.69) is 22.1 Å². The minimum absolute atomic E-state index is 0.407. The van der Waals surface area contributed by atoms with Crippen LogP contribution in [0.4, 0.5) is 5.69 Å². The number of rotatable bonds is 5. The van der Waals surface area contributed by atoms with Gasteiger partial charge in [-0.2, -0.15) is 0 Å². The Balaban J connectivity index is 1.62. The number of halogens is 1. The SMILES string of the molecule is CC(CCN1CCOCC1)Nc1ccnc2cc(Cl)ccc12. The van der Waals surface area contributed by atoms with Crippen LogP contribution in [0.3, 0.4) is 0 Å². The normalized spacial score (nSPS) is 17.5. The first-order chi connectivity index (χ1) is 10.7. The summed E-state index contributed by atoms with van der Waals surface area (Å²) in [5.74, 6) is 0. The molecule has 0 saturated carbocycles. The van der Waals surface area contributed by atoms with Crippen LogP contribution in [0.2, 0.25) is 5.02 Å². The van der Waals surface area contributed by atoms with Crippen molar-refractivity contribution < 1.29 is 4.74 Å². The molecule has 22 heavy (non-hydrogen) atoms. The number of fused-ring (bicyclic) bond motifs is 1. The molecule has 1 aromatic carbocycles. The molecule has 1 aromatic heterocycles. The number of benzene rings is 1. The largest absolute Gasteiger partial charge is 0.382 e. The molecule has 4 nitrogen and oxygen atoms in total. The molecule has 1 saturated heterocycles. The average molecular weight is 320 g/mol. The van der Waals surface area contributed by atoms with E-state index in [1.807, 2.05) is 30.5 Å². The van der Waals surface area contributed by atoms with Gasteiger partial charge in [-0.25, -0.2) is 0 Å². The van der Waals surface area contributed by atoms with Crippen molar-refractivity contribution in [2.45, 2.75) is 19.4 Å². The van der Waals surface area contributed by atoms with Gasteiger partial charge in [-0.1, -0.05) is 11.6 Å². The molecule has 0 aliphatic carbocycles. The van der Waals surface area contributed by atoms with Crippen molar-refractivity contribution in [2.75, 3.05) is 38.2 Å². The molecule has 1 atom stereocenters. The summed E-state index contributed by atoms with van der Waals surface area (Å²) >= 11 is 6.04. The quantitative estimate of drug-likeness (QED) is 0.916. The van der Waals surface area contributed by atoms with Gasteiger partial charge in [0.05, 0.1) is 18.7 Å². The van der Waals surface area contributed by atoms with Gasteiger partial charge in [0.15, 0.2) is 0 Å². The Morgan fingerprint density at radius 2 is 2.14 bits per heavy atom. The first-order valence-electron chi connectivity index (χ1n) is 7.83. The lowest BCUT2D eigenvalue weighted by Crippen LogP contribution is -2.38. The Bertz CT molecular complexity index is 628. The average Bonchev–Trinajstić information content (AvgIpc) is 2.54. The molecule has 1 N–H and O–H groups in total. The highest BCUT2D eigenvalue weighted by molar-refractivity contribution is 6.31. The standard InChI is InChI=1S/C17H22ClN3O/c1-13(5-7-21-8-10-22-11-9-21)20-16-4-6-19-17-12-14(18)2-3-15(16)17/h2-4,6,12-13H,5,7-11H2,1H3,(H,19,20). The van der Waals surface area contributed by atoms with Gasteiger partial charge in [-0.3, -0.25) is 9.88 Å². The van der Waals surface area contributed by atoms with E-state index >= 15 is 0 Å². The second-order valence-electron chi connectivity index (χ2n) is 5.81. The van der Waals surface area contributed by atoms with Gasteiger partial charge in [0.2, 0.25) is 0 Å². The van der Waals surface area contributed by atoms with Gasteiger partial charge in [-0.15, -0.1) is 0 Å². The van der Waals surface area contributed by atoms with E-state index < -0.39 is 0 Å². The van der Waals surface area contributed by atoms with Gasteiger partial charge in [0, 0.05) is 48.0 Å². The first kappa shape index (κ1) is 15.5. The number of nitrogens with zero attached hydrogens (tertiary/aromatic N) is 2. The van der Waals surface area contributed by atoms with E-state index in [-0.39, 0.29) is 0 Å². The molecule has 2 aromatic rings. The van der Waals surface area contributed by atoms with Crippen molar-refractivity contribution in [1.29, 1.82) is 0 Å². The third-order valence-corrected chi connectivity index (χ3v) is 4.32. The zero-order chi connectivity index (χ0) is 15.4. The number of hydrogen-bond acceptors (Lipinski definition) is 4. The Hall–Kier alpha value is -1.36. The maximum absolute atomic E-state index is 6.04. The molecular weight excluding hydrogens is 298 g/mol. The van der Waals surface area contributed by atoms with Crippen molar-refractivity contribution in [3.63, 3.8) is 0 Å². The second kappa shape index (κ2) is 7.27. The maximum Gasteiger partial charge on any atom is 0.0737 e. The maximum atomic E-state index is 6.04. The van der Waals surface area contributed by atoms with Crippen LogP contribution in [-0.4, -0.2) is 48.8 Å². The van der Waals surface area contributed by atoms with E-state index in [1.54, 1.807) is 0 Å². The van der Waals surface area contributed by atoms with Crippen molar-refractivity contribution in [1.82, 2.24) is 9.88 Å². The predicted molar refractivity (Wildman–Crippen MR) is 91.7 cm³/mol. The molecule has 0 radical (unpaired) electrons. The van der Waals surface area contributed by atoms with Crippen LogP contribution < -0.4 is 5.32 Å². The second-order valence-corrected chi connectivity index (χ2v) is 6.24. The van der Waals surface area contributed by atoms with Crippen molar-refractivity contribution in [3.05, 3.63) is 35.5 Å². The van der Waals surface area contributed by atoms with Crippen molar-refractivity contribution in [2.24, 2.45) is 0 Å². The number of nitrogens with one attached hydrogen (secondary N) is 1. The number of aromatic nitrogens is 1. The first-order valence-corrected chi connectivity index (χ1v) is 8.21. The van der Waals surface area contributed by atoms with Gasteiger partial charge in [0.1, 0.15) is 0 Å². The summed E-state index contributed by atoms with van der Waals surface area (Å²) in [5, 5.41) is 5.44. The summed E-state index contributed by atoms with van der Waals surface area (Å²) in [5.41, 5.74) is 2.05. The molecule has 1 unspecified atom stereocenters. The Labute approximate surface area is 136 Å². The van der Waals surface area contributed by atoms with Gasteiger partial charge < -0.3 is 10.1 Å². The summed E-state index contributed by atoms with van der Waals surface area (Å²) in [6.45, 7) is 7.14. The van der Waals surface area contributed by atoms with E-state index in [9.17, 15) is 0 Å². The van der Waals surface area contributed by atoms with E-state index in [0.29, 0.717) is 6.04 Å². The Morgan fingerprint density at radius 3 is 2.95 bits per heavy atom. The van der Waals surface area contributed by atoms with Crippen molar-refractivity contribution >= 4 is 28.2 Å². The zero-order valence-electron chi connectivity index (χ0n) is 12.9. The van der Waals surface area contributed by atoms with Crippen LogP contribution in [0.25, 0.3) is 10.9 Å². The monoisotopic (exact) mass is 319 g/mol. The molecule has 0 spiro atoms. The lowest BCUT2D eigenvalue weighted by atomic mass is 10.1. The summed E-state index contributed by atoms with van der Waals surface area (Å²) in [4.78, 5) is 6.85. The Kier molecular flexibility index (Phi) is 5.13. The number of pyridine rings is 1. The number of anilines is 1. The summed E-state index contributed by atoms with van der Waals surface area (Å²) in [6.07, 6.45) is 2.94. The minimum Gasteiger partial charge on any atom is -0.382 e. The van der Waals surface area contributed by atoms with Gasteiger partial charge in [0.25, 0.3) is 0 Å². The molecular formula is C17H22ClN3O. The van der Waals surface area contributed by atoms with Crippen molar-refractivity contribution in [3.8, 4) is 0 Å². The molecule has 5 heteroatoms. The number of hydrogen-bond donors (Lipinski definition) is 1. The fourth-order valence-electron chi connectivity index (χ4n) is 2.79. The third kappa shape index (κ3) is 3.88. The fraction of sp³-hybridized carbons (Fsp3) is 0.471. The molecule has 118 valence electrons. The lowest BCUT2D eigenvalue weighted by Gasteiger charge is -2.28. The van der Waals surface area contributed by atoms with Crippen LogP contribution in [0.15, 0.2) is 30.5 Å². The summed E-state index contributed by atoms with van der Waals surface area (Å²) in [6, 6.07) is 8.28. The van der Waals surface area contributed by atoms with Gasteiger partial charge >= 0.3 is 0 Å². The topological polar surface area (TPSA) is 37.4 Å². The van der Waals surface area contributed by atoms with E-state index in [1.165, 1.54) is 0 Å². The minimum atomic E-state index is 0.407. The highest BCUT2D eigenvalue weighted by Crippen LogP contribution is 2.25. The van der Waals surface area contributed by atoms with Crippen LogP contribution in [0.5, 0.6) is 0 Å². The molecule has 1 fully saturated rings. The highest BCUT2D eigenvalue weighted by atomic mass is 35.5. The molecule has 0 amide bonds. The van der Waals surface area contributed by atoms with E-state index in [4.69, 9.17) is 16.3 Å². The van der Waals surface area contributed by atoms with Crippen LogP contribution in [0, 0.1) is 0 Å². The smallest absolute Gasteiger partial charge is 0.0737 e. The fourth-order valence-corrected chi connectivity index (χ4v) is 2.95. The number of morpholine rings is 1. The molecule has 3 rings (SSSR count). The Morgan fingerprint density at radius 1 is 1.32 bits per heavy atom. The summed E-state index contributed by atoms with van der Waals surface area (Å²) in [7, 11) is 0. The highest BCUT2D eigenvalue weighted by Gasteiger charge is 2.12. The number of ether oxygens (including phenoxy) is 1. The molecule has 1 aliphatic rings. The van der Waals surface area contributed by atoms with Crippen LogP contribution in [-0.2, 0) is 4.74 Å². The molecule has 1 aliphatic heterocycles.